The molecular weight excluding hydrogens is 276 g/mol. The molecule has 0 aromatic carbocycles. The smallest absolute Gasteiger partial charge is 0.0596 e. The maximum absolute atomic E-state index is 10.8. The highest BCUT2D eigenvalue weighted by molar-refractivity contribution is 5.11. The maximum atomic E-state index is 10.8. The van der Waals surface area contributed by atoms with Gasteiger partial charge < -0.3 is 15.3 Å². The van der Waals surface area contributed by atoms with Gasteiger partial charge in [0.25, 0.3) is 0 Å². The zero-order valence-electron chi connectivity index (χ0n) is 14.0. The third-order valence-corrected chi connectivity index (χ3v) is 8.60. The van der Waals surface area contributed by atoms with Gasteiger partial charge in [0.05, 0.1) is 18.3 Å². The third kappa shape index (κ3) is 1.91. The second-order valence-corrected chi connectivity index (χ2v) is 9.36. The second kappa shape index (κ2) is 4.94. The lowest BCUT2D eigenvalue weighted by molar-refractivity contribution is -0.174. The molecule has 0 spiro atoms. The summed E-state index contributed by atoms with van der Waals surface area (Å²) in [5.41, 5.74) is 0.273. The van der Waals surface area contributed by atoms with Crippen molar-refractivity contribution in [3.8, 4) is 0 Å². The van der Waals surface area contributed by atoms with Crippen LogP contribution >= 0.6 is 0 Å². The zero-order valence-corrected chi connectivity index (χ0v) is 14.0. The quantitative estimate of drug-likeness (QED) is 0.645. The molecule has 3 N–H and O–H groups in total. The normalized spacial score (nSPS) is 61.2. The van der Waals surface area contributed by atoms with E-state index >= 15 is 0 Å². The van der Waals surface area contributed by atoms with Gasteiger partial charge in [-0.2, -0.15) is 0 Å². The van der Waals surface area contributed by atoms with Crippen LogP contribution in [0.3, 0.4) is 0 Å². The Morgan fingerprint density at radius 3 is 2.18 bits per heavy atom. The van der Waals surface area contributed by atoms with E-state index in [-0.39, 0.29) is 35.1 Å². The van der Waals surface area contributed by atoms with Crippen molar-refractivity contribution < 1.29 is 15.3 Å². The fourth-order valence-electron chi connectivity index (χ4n) is 7.25. The summed E-state index contributed by atoms with van der Waals surface area (Å²) in [4.78, 5) is 0. The highest BCUT2D eigenvalue weighted by Crippen LogP contribution is 2.66. The Balaban J connectivity index is 1.66. The van der Waals surface area contributed by atoms with E-state index in [0.29, 0.717) is 17.8 Å². The summed E-state index contributed by atoms with van der Waals surface area (Å²) in [5.74, 6) is 2.10. The number of aliphatic hydroxyl groups is 3. The standard InChI is InChI=1S/C19H32O3/c1-18-7-5-11(20)9-15(18)16(21)10-12-13-3-4-17(22)19(13,2)8-6-14(12)18/h11-17,20-22H,3-10H2,1-2H3/t11?,12-,13-,14-,15?,16?,17?,18+,19-/m0/s1. The molecular formula is C19H32O3. The number of hydrogen-bond donors (Lipinski definition) is 3. The van der Waals surface area contributed by atoms with E-state index in [1.165, 1.54) is 6.42 Å². The van der Waals surface area contributed by atoms with Crippen molar-refractivity contribution in [2.24, 2.45) is 34.5 Å². The van der Waals surface area contributed by atoms with Gasteiger partial charge in [0.15, 0.2) is 0 Å². The molecule has 0 aliphatic heterocycles. The van der Waals surface area contributed by atoms with Gasteiger partial charge in [-0.05, 0) is 85.9 Å². The molecule has 4 aliphatic rings. The van der Waals surface area contributed by atoms with Gasteiger partial charge >= 0.3 is 0 Å². The predicted octanol–water partition coefficient (Wildman–Crippen LogP) is 2.72. The molecule has 0 saturated heterocycles. The van der Waals surface area contributed by atoms with Crippen LogP contribution in [-0.4, -0.2) is 33.6 Å². The Kier molecular flexibility index (Phi) is 3.46. The number of aliphatic hydroxyl groups excluding tert-OH is 3. The van der Waals surface area contributed by atoms with Gasteiger partial charge in [-0.15, -0.1) is 0 Å². The Hall–Kier alpha value is -0.120. The van der Waals surface area contributed by atoms with E-state index in [2.05, 4.69) is 13.8 Å². The first-order valence-corrected chi connectivity index (χ1v) is 9.40. The first-order valence-electron chi connectivity index (χ1n) is 9.40. The van der Waals surface area contributed by atoms with Crippen LogP contribution in [0.15, 0.2) is 0 Å². The largest absolute Gasteiger partial charge is 0.393 e. The molecule has 4 unspecified atom stereocenters. The number of hydrogen-bond acceptors (Lipinski definition) is 3. The molecule has 3 nitrogen and oxygen atoms in total. The predicted molar refractivity (Wildman–Crippen MR) is 85.1 cm³/mol. The van der Waals surface area contributed by atoms with Gasteiger partial charge in [-0.25, -0.2) is 0 Å². The van der Waals surface area contributed by atoms with Crippen LogP contribution in [0, 0.1) is 34.5 Å². The lowest BCUT2D eigenvalue weighted by atomic mass is 9.44. The fourth-order valence-corrected chi connectivity index (χ4v) is 7.25. The van der Waals surface area contributed by atoms with Crippen LogP contribution in [0.25, 0.3) is 0 Å². The highest BCUT2D eigenvalue weighted by Gasteiger charge is 2.61. The lowest BCUT2D eigenvalue weighted by Gasteiger charge is -2.61. The van der Waals surface area contributed by atoms with Crippen molar-refractivity contribution in [1.82, 2.24) is 0 Å². The van der Waals surface area contributed by atoms with Gasteiger partial charge in [0, 0.05) is 0 Å². The van der Waals surface area contributed by atoms with Crippen LogP contribution in [0.2, 0.25) is 0 Å². The van der Waals surface area contributed by atoms with Crippen molar-refractivity contribution in [1.29, 1.82) is 0 Å². The molecule has 126 valence electrons. The lowest BCUT2D eigenvalue weighted by Crippen LogP contribution is -2.58. The minimum absolute atomic E-state index is 0.0816. The van der Waals surface area contributed by atoms with Crippen LogP contribution in [0.1, 0.15) is 65.2 Å². The van der Waals surface area contributed by atoms with Crippen molar-refractivity contribution >= 4 is 0 Å². The number of rotatable bonds is 0. The van der Waals surface area contributed by atoms with Gasteiger partial charge in [-0.1, -0.05) is 13.8 Å². The second-order valence-electron chi connectivity index (χ2n) is 9.36. The minimum Gasteiger partial charge on any atom is -0.393 e. The zero-order chi connectivity index (χ0) is 15.7. The first kappa shape index (κ1) is 15.4. The Bertz CT molecular complexity index is 452. The molecule has 0 radical (unpaired) electrons. The summed E-state index contributed by atoms with van der Waals surface area (Å²) < 4.78 is 0. The van der Waals surface area contributed by atoms with E-state index in [1.54, 1.807) is 0 Å². The molecule has 0 aromatic rings. The molecule has 4 aliphatic carbocycles. The average Bonchev–Trinajstić information content (AvgIpc) is 2.77. The monoisotopic (exact) mass is 308 g/mol. The molecule has 22 heavy (non-hydrogen) atoms. The maximum Gasteiger partial charge on any atom is 0.0596 e. The van der Waals surface area contributed by atoms with Crippen LogP contribution in [-0.2, 0) is 0 Å². The molecule has 9 atom stereocenters. The summed E-state index contributed by atoms with van der Waals surface area (Å²) in [6.45, 7) is 4.68. The molecule has 0 bridgehead atoms. The molecule has 4 fully saturated rings. The molecule has 3 heteroatoms. The van der Waals surface area contributed by atoms with Gasteiger partial charge in [-0.3, -0.25) is 0 Å². The van der Waals surface area contributed by atoms with Crippen molar-refractivity contribution in [3.05, 3.63) is 0 Å². The minimum atomic E-state index is -0.263. The van der Waals surface area contributed by atoms with Crippen LogP contribution < -0.4 is 0 Å². The van der Waals surface area contributed by atoms with E-state index in [9.17, 15) is 15.3 Å². The molecule has 4 rings (SSSR count). The summed E-state index contributed by atoms with van der Waals surface area (Å²) in [5, 5.41) is 31.4. The van der Waals surface area contributed by atoms with E-state index in [1.807, 2.05) is 0 Å². The Morgan fingerprint density at radius 2 is 1.41 bits per heavy atom. The summed E-state index contributed by atoms with van der Waals surface area (Å²) in [7, 11) is 0. The SMILES string of the molecule is C[C@]12CCC(O)CC1C(O)C[C@@H]1[C@@H]2CC[C@]2(C)C(O)CC[C@@H]12. The Labute approximate surface area is 134 Å². The molecule has 0 heterocycles. The van der Waals surface area contributed by atoms with Crippen LogP contribution in [0.5, 0.6) is 0 Å². The fraction of sp³-hybridized carbons (Fsp3) is 1.00. The van der Waals surface area contributed by atoms with Crippen molar-refractivity contribution in [3.63, 3.8) is 0 Å². The molecule has 4 saturated carbocycles. The highest BCUT2D eigenvalue weighted by atomic mass is 16.3. The molecule has 0 aromatic heterocycles. The van der Waals surface area contributed by atoms with E-state index in [4.69, 9.17) is 0 Å². The average molecular weight is 308 g/mol. The van der Waals surface area contributed by atoms with Gasteiger partial charge in [0.2, 0.25) is 0 Å². The van der Waals surface area contributed by atoms with E-state index < -0.39 is 0 Å². The number of fused-ring (bicyclic) bond motifs is 5. The van der Waals surface area contributed by atoms with E-state index in [0.717, 1.165) is 44.9 Å². The summed E-state index contributed by atoms with van der Waals surface area (Å²) >= 11 is 0. The van der Waals surface area contributed by atoms with Crippen molar-refractivity contribution in [2.75, 3.05) is 0 Å². The van der Waals surface area contributed by atoms with Crippen molar-refractivity contribution in [2.45, 2.75) is 83.5 Å². The Morgan fingerprint density at radius 1 is 0.727 bits per heavy atom. The third-order valence-electron chi connectivity index (χ3n) is 8.60. The topological polar surface area (TPSA) is 60.7 Å². The first-order chi connectivity index (χ1) is 10.4. The molecule has 0 amide bonds. The van der Waals surface area contributed by atoms with Crippen LogP contribution in [0.4, 0.5) is 0 Å². The summed E-state index contributed by atoms with van der Waals surface area (Å²) in [6.07, 6.45) is 7.42. The summed E-state index contributed by atoms with van der Waals surface area (Å²) in [6, 6.07) is 0. The van der Waals surface area contributed by atoms with Gasteiger partial charge in [0.1, 0.15) is 0 Å².